The molecule has 1 nitrogen and oxygen atoms in total. The minimum Gasteiger partial charge on any atom is -0.361 e. The lowest BCUT2D eigenvalue weighted by molar-refractivity contribution is 1.28. The molecule has 27 heavy (non-hydrogen) atoms. The molecule has 0 saturated carbocycles. The third-order valence-corrected chi connectivity index (χ3v) is 4.83. The zero-order chi connectivity index (χ0) is 18.6. The molecule has 4 rings (SSSR count). The predicted molar refractivity (Wildman–Crippen MR) is 117 cm³/mol. The number of nitrogens with one attached hydrogen (secondary N) is 1. The summed E-state index contributed by atoms with van der Waals surface area (Å²) in [7, 11) is 0. The van der Waals surface area contributed by atoms with E-state index in [4.69, 9.17) is 0 Å². The highest BCUT2D eigenvalue weighted by molar-refractivity contribution is 5.99. The van der Waals surface area contributed by atoms with Crippen molar-refractivity contribution in [3.63, 3.8) is 0 Å². The Morgan fingerprint density at radius 2 is 1.74 bits per heavy atom. The molecule has 0 aliphatic rings. The molecule has 4 aromatic rings. The molecule has 0 saturated heterocycles. The summed E-state index contributed by atoms with van der Waals surface area (Å²) in [5.41, 5.74) is 7.34. The monoisotopic (exact) mass is 349 g/mol. The fourth-order valence-corrected chi connectivity index (χ4v) is 3.66. The van der Waals surface area contributed by atoms with Crippen LogP contribution in [0.4, 0.5) is 0 Å². The van der Waals surface area contributed by atoms with E-state index >= 15 is 0 Å². The standard InChI is InChI=1S/C26H23N/c1-19(2)10-8-15-23-22-14-7-6-13-21(22)18-24(25-16-9-17-27-25)26(23)20-11-4-3-5-12-20/h3-14,16-18,27H,1,15H2,2H3/b10-8-. The Morgan fingerprint density at radius 1 is 0.963 bits per heavy atom. The van der Waals surface area contributed by atoms with Crippen LogP contribution in [-0.2, 0) is 6.42 Å². The van der Waals surface area contributed by atoms with Crippen molar-refractivity contribution in [2.75, 3.05) is 0 Å². The number of hydrogen-bond acceptors (Lipinski definition) is 0. The fraction of sp³-hybridized carbons (Fsp3) is 0.0769. The number of rotatable bonds is 5. The number of H-pyrrole nitrogens is 1. The van der Waals surface area contributed by atoms with E-state index in [2.05, 4.69) is 96.5 Å². The van der Waals surface area contributed by atoms with E-state index in [1.807, 2.05) is 13.1 Å². The summed E-state index contributed by atoms with van der Waals surface area (Å²) in [5.74, 6) is 0. The molecule has 132 valence electrons. The van der Waals surface area contributed by atoms with Crippen LogP contribution in [0.25, 0.3) is 33.2 Å². The van der Waals surface area contributed by atoms with Gasteiger partial charge in [-0.15, -0.1) is 0 Å². The summed E-state index contributed by atoms with van der Waals surface area (Å²) >= 11 is 0. The molecule has 3 aromatic carbocycles. The van der Waals surface area contributed by atoms with Gasteiger partial charge in [0, 0.05) is 17.5 Å². The molecule has 1 aromatic heterocycles. The van der Waals surface area contributed by atoms with Crippen molar-refractivity contribution >= 4 is 10.8 Å². The fourth-order valence-electron chi connectivity index (χ4n) is 3.66. The maximum atomic E-state index is 4.00. The summed E-state index contributed by atoms with van der Waals surface area (Å²) in [6.07, 6.45) is 7.17. The van der Waals surface area contributed by atoms with Gasteiger partial charge in [0.1, 0.15) is 0 Å². The van der Waals surface area contributed by atoms with E-state index in [-0.39, 0.29) is 0 Å². The van der Waals surface area contributed by atoms with Crippen molar-refractivity contribution in [1.82, 2.24) is 4.98 Å². The van der Waals surface area contributed by atoms with Crippen LogP contribution in [0.15, 0.2) is 103 Å². The molecule has 0 bridgehead atoms. The van der Waals surface area contributed by atoms with Crippen molar-refractivity contribution in [1.29, 1.82) is 0 Å². The Hall–Kier alpha value is -3.32. The SMILES string of the molecule is C=C(C)/C=C\Cc1c(-c2ccccc2)c(-c2ccc[nH]2)cc2ccccc12. The molecule has 0 atom stereocenters. The van der Waals surface area contributed by atoms with Gasteiger partial charge in [-0.3, -0.25) is 0 Å². The molecule has 0 fully saturated rings. The molecular weight excluding hydrogens is 326 g/mol. The molecule has 0 aliphatic carbocycles. The number of allylic oxidation sites excluding steroid dienone is 3. The summed E-state index contributed by atoms with van der Waals surface area (Å²) in [4.78, 5) is 3.40. The smallest absolute Gasteiger partial charge is 0.0460 e. The number of benzene rings is 3. The Balaban J connectivity index is 2.05. The Morgan fingerprint density at radius 3 is 2.48 bits per heavy atom. The first-order valence-electron chi connectivity index (χ1n) is 9.30. The lowest BCUT2D eigenvalue weighted by Crippen LogP contribution is -1.95. The van der Waals surface area contributed by atoms with Crippen molar-refractivity contribution in [2.24, 2.45) is 0 Å². The average Bonchev–Trinajstić information content (AvgIpc) is 3.22. The van der Waals surface area contributed by atoms with Crippen molar-refractivity contribution in [2.45, 2.75) is 13.3 Å². The van der Waals surface area contributed by atoms with E-state index in [0.29, 0.717) is 0 Å². The summed E-state index contributed by atoms with van der Waals surface area (Å²) in [6, 6.07) is 25.8. The zero-order valence-electron chi connectivity index (χ0n) is 15.6. The number of aromatic amines is 1. The van der Waals surface area contributed by atoms with Crippen LogP contribution >= 0.6 is 0 Å². The average molecular weight is 349 g/mol. The van der Waals surface area contributed by atoms with Gasteiger partial charge in [-0.2, -0.15) is 0 Å². The van der Waals surface area contributed by atoms with E-state index in [9.17, 15) is 0 Å². The van der Waals surface area contributed by atoms with E-state index < -0.39 is 0 Å². The molecule has 0 spiro atoms. The highest BCUT2D eigenvalue weighted by Gasteiger charge is 2.16. The van der Waals surface area contributed by atoms with Gasteiger partial charge < -0.3 is 4.98 Å². The second-order valence-electron chi connectivity index (χ2n) is 6.90. The molecule has 1 heteroatoms. The van der Waals surface area contributed by atoms with Crippen LogP contribution in [0.5, 0.6) is 0 Å². The van der Waals surface area contributed by atoms with E-state index in [0.717, 1.165) is 17.7 Å². The normalized spacial score (nSPS) is 11.3. The van der Waals surface area contributed by atoms with Crippen LogP contribution < -0.4 is 0 Å². The molecule has 0 radical (unpaired) electrons. The number of fused-ring (bicyclic) bond motifs is 1. The van der Waals surface area contributed by atoms with Gasteiger partial charge in [0.15, 0.2) is 0 Å². The second-order valence-corrected chi connectivity index (χ2v) is 6.90. The number of aromatic nitrogens is 1. The van der Waals surface area contributed by atoms with Gasteiger partial charge >= 0.3 is 0 Å². The Labute approximate surface area is 160 Å². The van der Waals surface area contributed by atoms with E-state index in [1.165, 1.54) is 33.0 Å². The maximum absolute atomic E-state index is 4.00. The molecular formula is C26H23N. The molecule has 1 N–H and O–H groups in total. The summed E-state index contributed by atoms with van der Waals surface area (Å²) in [5, 5.41) is 2.57. The van der Waals surface area contributed by atoms with Crippen molar-refractivity contribution in [3.05, 3.63) is 109 Å². The van der Waals surface area contributed by atoms with Gasteiger partial charge in [0.05, 0.1) is 0 Å². The third kappa shape index (κ3) is 3.50. The second kappa shape index (κ2) is 7.51. The molecule has 0 amide bonds. The first kappa shape index (κ1) is 17.1. The van der Waals surface area contributed by atoms with Crippen LogP contribution in [0.2, 0.25) is 0 Å². The van der Waals surface area contributed by atoms with Gasteiger partial charge in [-0.05, 0) is 59.0 Å². The summed E-state index contributed by atoms with van der Waals surface area (Å²) in [6.45, 7) is 6.03. The zero-order valence-corrected chi connectivity index (χ0v) is 15.6. The van der Waals surface area contributed by atoms with Crippen LogP contribution in [0, 0.1) is 0 Å². The lowest BCUT2D eigenvalue weighted by Gasteiger charge is -2.17. The maximum Gasteiger partial charge on any atom is 0.0460 e. The van der Waals surface area contributed by atoms with Gasteiger partial charge in [-0.1, -0.05) is 78.9 Å². The number of hydrogen-bond donors (Lipinski definition) is 1. The van der Waals surface area contributed by atoms with E-state index in [1.54, 1.807) is 0 Å². The largest absolute Gasteiger partial charge is 0.361 e. The van der Waals surface area contributed by atoms with Crippen LogP contribution in [-0.4, -0.2) is 4.98 Å². The van der Waals surface area contributed by atoms with Gasteiger partial charge in [0.2, 0.25) is 0 Å². The highest BCUT2D eigenvalue weighted by atomic mass is 14.7. The molecule has 0 unspecified atom stereocenters. The van der Waals surface area contributed by atoms with Crippen molar-refractivity contribution in [3.8, 4) is 22.4 Å². The minimum atomic E-state index is 0.867. The van der Waals surface area contributed by atoms with Crippen molar-refractivity contribution < 1.29 is 0 Å². The predicted octanol–water partition coefficient (Wildman–Crippen LogP) is 7.18. The first-order chi connectivity index (χ1) is 13.2. The Bertz CT molecular complexity index is 1100. The highest BCUT2D eigenvalue weighted by Crippen LogP contribution is 2.39. The Kier molecular flexibility index (Phi) is 4.76. The van der Waals surface area contributed by atoms with Gasteiger partial charge in [-0.25, -0.2) is 0 Å². The minimum absolute atomic E-state index is 0.867. The van der Waals surface area contributed by atoms with Gasteiger partial charge in [0.25, 0.3) is 0 Å². The third-order valence-electron chi connectivity index (χ3n) is 4.83. The molecule has 0 aliphatic heterocycles. The first-order valence-corrected chi connectivity index (χ1v) is 9.30. The molecule has 1 heterocycles. The summed E-state index contributed by atoms with van der Waals surface area (Å²) < 4.78 is 0. The van der Waals surface area contributed by atoms with Crippen LogP contribution in [0.3, 0.4) is 0 Å². The quantitative estimate of drug-likeness (QED) is 0.367. The topological polar surface area (TPSA) is 15.8 Å². The van der Waals surface area contributed by atoms with Crippen LogP contribution in [0.1, 0.15) is 12.5 Å². The lowest BCUT2D eigenvalue weighted by atomic mass is 9.87.